The minimum absolute atomic E-state index is 0.152. The number of hydrogen-bond donors (Lipinski definition) is 2. The highest BCUT2D eigenvalue weighted by Gasteiger charge is 2.63. The van der Waals surface area contributed by atoms with E-state index in [-0.39, 0.29) is 17.6 Å². The molecule has 2 aliphatic carbocycles. The second-order valence-corrected chi connectivity index (χ2v) is 7.67. The molecule has 0 bridgehead atoms. The number of ether oxygens (including phenoxy) is 2. The van der Waals surface area contributed by atoms with E-state index < -0.39 is 53.6 Å². The van der Waals surface area contributed by atoms with Crippen LogP contribution in [0.5, 0.6) is 0 Å². The average Bonchev–Trinajstić information content (AvgIpc) is 2.80. The van der Waals surface area contributed by atoms with E-state index in [4.69, 9.17) is 9.47 Å². The molecular formula is C19H24O6. The van der Waals surface area contributed by atoms with Gasteiger partial charge >= 0.3 is 11.9 Å². The van der Waals surface area contributed by atoms with Crippen LogP contribution in [0.2, 0.25) is 0 Å². The first-order chi connectivity index (χ1) is 11.6. The molecule has 7 unspecified atom stereocenters. The summed E-state index contributed by atoms with van der Waals surface area (Å²) in [4.78, 5) is 24.2. The number of fused-ring (bicyclic) bond motifs is 3. The first-order valence-corrected chi connectivity index (χ1v) is 8.39. The molecule has 3 aliphatic rings. The van der Waals surface area contributed by atoms with Crippen LogP contribution >= 0.6 is 0 Å². The van der Waals surface area contributed by atoms with Crippen molar-refractivity contribution in [2.24, 2.45) is 17.3 Å². The third-order valence-electron chi connectivity index (χ3n) is 5.98. The Morgan fingerprint density at radius 3 is 2.60 bits per heavy atom. The van der Waals surface area contributed by atoms with E-state index in [2.05, 4.69) is 19.7 Å². The molecule has 7 atom stereocenters. The second kappa shape index (κ2) is 5.81. The summed E-state index contributed by atoms with van der Waals surface area (Å²) < 4.78 is 11.1. The molecule has 0 aromatic heterocycles. The zero-order chi connectivity index (χ0) is 18.7. The van der Waals surface area contributed by atoms with E-state index in [0.717, 1.165) is 0 Å². The summed E-state index contributed by atoms with van der Waals surface area (Å²) in [6, 6.07) is 0. The summed E-state index contributed by atoms with van der Waals surface area (Å²) in [5.74, 6) is -2.05. The summed E-state index contributed by atoms with van der Waals surface area (Å²) in [5, 5.41) is 20.9. The van der Waals surface area contributed by atoms with Gasteiger partial charge in [-0.3, -0.25) is 0 Å². The lowest BCUT2D eigenvalue weighted by Crippen LogP contribution is -2.60. The van der Waals surface area contributed by atoms with Crippen molar-refractivity contribution in [2.75, 3.05) is 0 Å². The molecule has 1 aliphatic heterocycles. The van der Waals surface area contributed by atoms with Crippen molar-refractivity contribution >= 4 is 11.9 Å². The van der Waals surface area contributed by atoms with E-state index in [1.54, 1.807) is 6.92 Å². The van der Waals surface area contributed by atoms with Crippen molar-refractivity contribution in [1.82, 2.24) is 0 Å². The lowest BCUT2D eigenvalue weighted by molar-refractivity contribution is -0.181. The van der Waals surface area contributed by atoms with Crippen molar-refractivity contribution < 1.29 is 29.3 Å². The van der Waals surface area contributed by atoms with Crippen LogP contribution in [0.1, 0.15) is 26.7 Å². The minimum atomic E-state index is -0.865. The van der Waals surface area contributed by atoms with Crippen LogP contribution < -0.4 is 0 Å². The Morgan fingerprint density at radius 2 is 2.00 bits per heavy atom. The Morgan fingerprint density at radius 1 is 1.36 bits per heavy atom. The summed E-state index contributed by atoms with van der Waals surface area (Å²) in [6.45, 7) is 14.8. The smallest absolute Gasteiger partial charge is 0.334 e. The predicted octanol–water partition coefficient (Wildman–Crippen LogP) is 1.28. The van der Waals surface area contributed by atoms with Gasteiger partial charge in [0.25, 0.3) is 0 Å². The maximum absolute atomic E-state index is 12.1. The Bertz CT molecular complexity index is 679. The van der Waals surface area contributed by atoms with E-state index in [1.807, 2.05) is 6.92 Å². The van der Waals surface area contributed by atoms with Gasteiger partial charge in [-0.25, -0.2) is 9.59 Å². The van der Waals surface area contributed by atoms with Crippen molar-refractivity contribution in [1.29, 1.82) is 0 Å². The highest BCUT2D eigenvalue weighted by Crippen LogP contribution is 2.57. The Kier molecular flexibility index (Phi) is 4.16. The third-order valence-corrected chi connectivity index (χ3v) is 5.98. The summed E-state index contributed by atoms with van der Waals surface area (Å²) in [6.07, 6.45) is -2.56. The molecule has 1 saturated heterocycles. The molecule has 0 amide bonds. The molecule has 2 saturated carbocycles. The fourth-order valence-electron chi connectivity index (χ4n) is 4.55. The van der Waals surface area contributed by atoms with Crippen LogP contribution in [-0.4, -0.2) is 46.6 Å². The minimum Gasteiger partial charge on any atom is -0.458 e. The van der Waals surface area contributed by atoms with Crippen LogP contribution in [0.4, 0.5) is 0 Å². The molecule has 6 heteroatoms. The number of aliphatic hydroxyl groups excluding tert-OH is 2. The molecule has 3 fully saturated rings. The zero-order valence-electron chi connectivity index (χ0n) is 14.5. The van der Waals surface area contributed by atoms with E-state index in [9.17, 15) is 19.8 Å². The number of esters is 2. The highest BCUT2D eigenvalue weighted by molar-refractivity contribution is 5.91. The zero-order valence-corrected chi connectivity index (χ0v) is 14.5. The lowest BCUT2D eigenvalue weighted by atomic mass is 9.53. The maximum Gasteiger partial charge on any atom is 0.334 e. The third kappa shape index (κ3) is 2.55. The largest absolute Gasteiger partial charge is 0.458 e. The number of hydrogen-bond acceptors (Lipinski definition) is 6. The van der Waals surface area contributed by atoms with Gasteiger partial charge in [0.1, 0.15) is 12.2 Å². The van der Waals surface area contributed by atoms with Crippen molar-refractivity contribution in [3.63, 3.8) is 0 Å². The van der Waals surface area contributed by atoms with Gasteiger partial charge in [0.05, 0.1) is 18.1 Å². The maximum atomic E-state index is 12.1. The molecule has 0 spiro atoms. The lowest BCUT2D eigenvalue weighted by Gasteiger charge is -2.55. The Hall–Kier alpha value is -1.92. The molecule has 136 valence electrons. The van der Waals surface area contributed by atoms with Crippen LogP contribution in [0, 0.1) is 17.3 Å². The fourth-order valence-corrected chi connectivity index (χ4v) is 4.55. The van der Waals surface area contributed by atoms with Gasteiger partial charge in [0, 0.05) is 28.9 Å². The number of carbonyl (C=O) groups is 2. The molecule has 0 aromatic rings. The van der Waals surface area contributed by atoms with Crippen molar-refractivity contribution in [3.8, 4) is 0 Å². The van der Waals surface area contributed by atoms with E-state index in [0.29, 0.717) is 12.0 Å². The molecule has 3 rings (SSSR count). The first-order valence-electron chi connectivity index (χ1n) is 8.39. The molecule has 6 nitrogen and oxygen atoms in total. The monoisotopic (exact) mass is 348 g/mol. The van der Waals surface area contributed by atoms with Gasteiger partial charge in [0.15, 0.2) is 0 Å². The molecule has 0 radical (unpaired) electrons. The van der Waals surface area contributed by atoms with Gasteiger partial charge in [-0.05, 0) is 18.9 Å². The quantitative estimate of drug-likeness (QED) is 0.444. The normalized spacial score (nSPS) is 43.1. The van der Waals surface area contributed by atoms with Crippen LogP contribution in [0.15, 0.2) is 36.5 Å². The summed E-state index contributed by atoms with van der Waals surface area (Å²) >= 11 is 0. The summed E-state index contributed by atoms with van der Waals surface area (Å²) in [7, 11) is 0. The summed E-state index contributed by atoms with van der Waals surface area (Å²) in [5.41, 5.74) is 0.301. The van der Waals surface area contributed by atoms with Crippen LogP contribution in [-0.2, 0) is 19.1 Å². The molecular weight excluding hydrogens is 324 g/mol. The van der Waals surface area contributed by atoms with E-state index in [1.165, 1.54) is 0 Å². The molecule has 2 N–H and O–H groups in total. The van der Waals surface area contributed by atoms with Gasteiger partial charge in [-0.2, -0.15) is 0 Å². The predicted molar refractivity (Wildman–Crippen MR) is 89.2 cm³/mol. The highest BCUT2D eigenvalue weighted by atomic mass is 16.6. The molecule has 25 heavy (non-hydrogen) atoms. The Labute approximate surface area is 146 Å². The Balaban J connectivity index is 2.03. The number of carbonyl (C=O) groups excluding carboxylic acids is 2. The van der Waals surface area contributed by atoms with Crippen molar-refractivity contribution in [3.05, 3.63) is 36.5 Å². The number of rotatable bonds is 2. The molecule has 0 aromatic carbocycles. The topological polar surface area (TPSA) is 93.1 Å². The van der Waals surface area contributed by atoms with Crippen molar-refractivity contribution in [2.45, 2.75) is 51.1 Å². The average molecular weight is 348 g/mol. The first kappa shape index (κ1) is 17.9. The van der Waals surface area contributed by atoms with Gasteiger partial charge in [-0.1, -0.05) is 26.7 Å². The SMILES string of the molecule is C=C(C)C(=O)OC1CC2(C)C(O)CC(O)C(=C)C2C2OC(=O)C(=C)C12. The van der Waals surface area contributed by atoms with Gasteiger partial charge in [0.2, 0.25) is 0 Å². The molecule has 1 heterocycles. The van der Waals surface area contributed by atoms with Crippen LogP contribution in [0.25, 0.3) is 0 Å². The van der Waals surface area contributed by atoms with Gasteiger partial charge < -0.3 is 19.7 Å². The standard InChI is InChI=1S/C19H24O6/c1-8(2)17(22)24-12-7-19(5)13(21)6-11(20)9(3)15(19)16-14(12)10(4)18(23)25-16/h11-16,20-21H,1,3-4,6-7H2,2,5H3. The fraction of sp³-hybridized carbons (Fsp3) is 0.579. The van der Waals surface area contributed by atoms with Crippen LogP contribution in [0.3, 0.4) is 0 Å². The van der Waals surface area contributed by atoms with Gasteiger partial charge in [-0.15, -0.1) is 0 Å². The second-order valence-electron chi connectivity index (χ2n) is 7.67. The number of aliphatic hydroxyl groups is 2. The van der Waals surface area contributed by atoms with E-state index >= 15 is 0 Å².